The van der Waals surface area contributed by atoms with Crippen molar-refractivity contribution < 1.29 is 37.9 Å². The van der Waals surface area contributed by atoms with E-state index < -0.39 is 26.5 Å². The molecule has 0 heterocycles. The lowest BCUT2D eigenvalue weighted by molar-refractivity contribution is -0.147. The van der Waals surface area contributed by atoms with E-state index in [9.17, 15) is 24.2 Å². The van der Waals surface area contributed by atoms with Gasteiger partial charge in [0.05, 0.1) is 13.2 Å². The van der Waals surface area contributed by atoms with Crippen LogP contribution >= 0.6 is 7.82 Å². The molecule has 0 aliphatic heterocycles. The highest BCUT2D eigenvalue weighted by atomic mass is 31.2. The number of unbranched alkanes of at least 4 members (excludes halogenated alkanes) is 10. The molecule has 0 aliphatic rings. The van der Waals surface area contributed by atoms with Crippen LogP contribution in [0.1, 0.15) is 168 Å². The Morgan fingerprint density at radius 1 is 0.508 bits per heavy atom. The van der Waals surface area contributed by atoms with Crippen LogP contribution in [0.5, 0.6) is 0 Å². The zero-order chi connectivity index (χ0) is 46.0. The van der Waals surface area contributed by atoms with E-state index >= 15 is 0 Å². The summed E-state index contributed by atoms with van der Waals surface area (Å²) in [6.45, 7) is 3.32. The Balaban J connectivity index is 3.72. The number of amides is 1. The standard InChI is InChI=1S/C53H86NO8P/c1-3-5-7-9-11-13-15-17-19-21-23-24-25-26-28-30-32-34-36-38-40-42-44-46-53(57)60-49-51(55)50-62-63(58,59)61-48-47-54-52(56)45-43-41-39-37-35-33-31-29-27-22-20-18-16-14-12-10-8-6-4-2/h5,7,11-14,17-20,23-24,26-29,32-35,51,55H,3-4,6,8-10,15-16,21-22,25,30-31,36-50H2,1-2H3,(H,54,56)(H,58,59)/b7-5-,13-11-,14-12-,19-17-,20-18-,24-23-,28-26-,29-27-,34-32-,35-33-. The molecular weight excluding hydrogens is 810 g/mol. The highest BCUT2D eigenvalue weighted by molar-refractivity contribution is 7.47. The van der Waals surface area contributed by atoms with E-state index in [1.807, 2.05) is 0 Å². The lowest BCUT2D eigenvalue weighted by Gasteiger charge is -2.15. The van der Waals surface area contributed by atoms with Gasteiger partial charge in [0.1, 0.15) is 12.7 Å². The number of aliphatic hydroxyl groups is 1. The molecule has 0 spiro atoms. The quantitative estimate of drug-likeness (QED) is 0.0239. The fourth-order valence-corrected chi connectivity index (χ4v) is 6.53. The second-order valence-corrected chi connectivity index (χ2v) is 16.8. The van der Waals surface area contributed by atoms with E-state index in [2.05, 4.69) is 141 Å². The van der Waals surface area contributed by atoms with Crippen LogP contribution in [0.2, 0.25) is 0 Å². The van der Waals surface area contributed by atoms with Crippen LogP contribution in [0.15, 0.2) is 122 Å². The first-order valence-corrected chi connectivity index (χ1v) is 25.5. The van der Waals surface area contributed by atoms with Gasteiger partial charge in [-0.1, -0.05) is 167 Å². The summed E-state index contributed by atoms with van der Waals surface area (Å²) in [5, 5.41) is 12.7. The maximum Gasteiger partial charge on any atom is 0.472 e. The van der Waals surface area contributed by atoms with E-state index in [0.29, 0.717) is 12.8 Å². The molecule has 0 bridgehead atoms. The molecule has 0 saturated heterocycles. The maximum absolute atomic E-state index is 12.1. The predicted molar refractivity (Wildman–Crippen MR) is 265 cm³/mol. The monoisotopic (exact) mass is 896 g/mol. The minimum atomic E-state index is -4.45. The van der Waals surface area contributed by atoms with Gasteiger partial charge in [0.15, 0.2) is 0 Å². The van der Waals surface area contributed by atoms with Gasteiger partial charge in [-0.15, -0.1) is 0 Å². The molecule has 2 unspecified atom stereocenters. The van der Waals surface area contributed by atoms with Gasteiger partial charge in [0.2, 0.25) is 5.91 Å². The Bertz CT molecular complexity index is 1440. The van der Waals surface area contributed by atoms with E-state index in [1.165, 1.54) is 25.7 Å². The Morgan fingerprint density at radius 3 is 1.37 bits per heavy atom. The molecule has 10 heteroatoms. The van der Waals surface area contributed by atoms with E-state index in [0.717, 1.165) is 109 Å². The molecule has 0 aliphatic carbocycles. The Kier molecular flexibility index (Phi) is 45.2. The third kappa shape index (κ3) is 49.3. The molecule has 0 fully saturated rings. The lowest BCUT2D eigenvalue weighted by Crippen LogP contribution is -2.27. The molecule has 0 aromatic heterocycles. The maximum atomic E-state index is 12.1. The summed E-state index contributed by atoms with van der Waals surface area (Å²) >= 11 is 0. The van der Waals surface area contributed by atoms with E-state index in [-0.39, 0.29) is 32.1 Å². The average molecular weight is 896 g/mol. The zero-order valence-corrected chi connectivity index (χ0v) is 40.1. The summed E-state index contributed by atoms with van der Waals surface area (Å²) in [5.41, 5.74) is 0. The first-order valence-electron chi connectivity index (χ1n) is 24.0. The predicted octanol–water partition coefficient (Wildman–Crippen LogP) is 14.1. The zero-order valence-electron chi connectivity index (χ0n) is 39.2. The summed E-state index contributed by atoms with van der Waals surface area (Å²) in [6.07, 6.45) is 65.6. The number of phosphoric ester groups is 1. The van der Waals surface area contributed by atoms with E-state index in [1.54, 1.807) is 0 Å². The lowest BCUT2D eigenvalue weighted by atomic mass is 10.1. The van der Waals surface area contributed by atoms with Crippen LogP contribution in [0.4, 0.5) is 0 Å². The summed E-state index contributed by atoms with van der Waals surface area (Å²) in [4.78, 5) is 34.0. The molecule has 63 heavy (non-hydrogen) atoms. The van der Waals surface area contributed by atoms with Gasteiger partial charge in [0.25, 0.3) is 0 Å². The van der Waals surface area contributed by atoms with Gasteiger partial charge in [-0.25, -0.2) is 4.57 Å². The van der Waals surface area contributed by atoms with Gasteiger partial charge < -0.3 is 20.1 Å². The number of phosphoric acid groups is 1. The van der Waals surface area contributed by atoms with E-state index in [4.69, 9.17) is 13.8 Å². The second-order valence-electron chi connectivity index (χ2n) is 15.3. The normalized spacial score (nSPS) is 14.3. The van der Waals surface area contributed by atoms with Crippen LogP contribution in [0, 0.1) is 0 Å². The van der Waals surface area contributed by atoms with Crippen molar-refractivity contribution in [1.82, 2.24) is 5.32 Å². The molecular formula is C53H86NO8P. The molecule has 3 N–H and O–H groups in total. The van der Waals surface area contributed by atoms with Crippen molar-refractivity contribution in [2.45, 2.75) is 174 Å². The number of ether oxygens (including phenoxy) is 1. The van der Waals surface area contributed by atoms with Crippen LogP contribution in [-0.2, 0) is 27.9 Å². The summed E-state index contributed by atoms with van der Waals surface area (Å²) in [5.74, 6) is -0.583. The van der Waals surface area contributed by atoms with Crippen molar-refractivity contribution in [2.24, 2.45) is 0 Å². The van der Waals surface area contributed by atoms with Gasteiger partial charge in [0, 0.05) is 19.4 Å². The summed E-state index contributed by atoms with van der Waals surface area (Å²) in [7, 11) is -4.45. The number of aliphatic hydroxyl groups excluding tert-OH is 1. The van der Waals surface area contributed by atoms with Gasteiger partial charge in [-0.2, -0.15) is 0 Å². The molecule has 0 aromatic rings. The highest BCUT2D eigenvalue weighted by Crippen LogP contribution is 2.42. The third-order valence-corrected chi connectivity index (χ3v) is 10.4. The highest BCUT2D eigenvalue weighted by Gasteiger charge is 2.23. The van der Waals surface area contributed by atoms with Gasteiger partial charge >= 0.3 is 13.8 Å². The molecule has 0 saturated carbocycles. The van der Waals surface area contributed by atoms with Gasteiger partial charge in [-0.3, -0.25) is 18.6 Å². The molecule has 1 amide bonds. The first kappa shape index (κ1) is 59.4. The molecule has 0 aromatic carbocycles. The van der Waals surface area contributed by atoms with Gasteiger partial charge in [-0.05, 0) is 109 Å². The largest absolute Gasteiger partial charge is 0.472 e. The Morgan fingerprint density at radius 2 is 0.905 bits per heavy atom. The Labute approximate surface area is 383 Å². The average Bonchev–Trinajstić information content (AvgIpc) is 3.27. The Hall–Kier alpha value is -3.59. The van der Waals surface area contributed by atoms with Crippen molar-refractivity contribution in [3.8, 4) is 0 Å². The molecule has 356 valence electrons. The molecule has 9 nitrogen and oxygen atoms in total. The number of carbonyl (C=O) groups excluding carboxylic acids is 2. The van der Waals surface area contributed by atoms with Crippen LogP contribution < -0.4 is 5.32 Å². The van der Waals surface area contributed by atoms with Crippen LogP contribution in [0.25, 0.3) is 0 Å². The number of hydrogen-bond donors (Lipinski definition) is 3. The SMILES string of the molecule is CC/C=C\C/C=C\C/C=C\C/C=C\C/C=C\C/C=C\CCCCCCC(=O)OCC(O)COP(=O)(O)OCCNC(=O)CCCCC/C=C\C/C=C\C/C=C\C/C=C\CCCCC. The van der Waals surface area contributed by atoms with Crippen molar-refractivity contribution in [2.75, 3.05) is 26.4 Å². The van der Waals surface area contributed by atoms with Crippen molar-refractivity contribution in [1.29, 1.82) is 0 Å². The summed E-state index contributed by atoms with van der Waals surface area (Å²) in [6, 6.07) is 0. The number of carbonyl (C=O) groups is 2. The first-order chi connectivity index (χ1) is 30.8. The minimum absolute atomic E-state index is 0.0532. The molecule has 0 rings (SSSR count). The van der Waals surface area contributed by atoms with Crippen LogP contribution in [0.3, 0.4) is 0 Å². The van der Waals surface area contributed by atoms with Crippen molar-refractivity contribution in [3.05, 3.63) is 122 Å². The number of rotatable bonds is 43. The fraction of sp³-hybridized carbons (Fsp3) is 0.585. The third-order valence-electron chi connectivity index (χ3n) is 9.38. The van der Waals surface area contributed by atoms with Crippen LogP contribution in [-0.4, -0.2) is 54.3 Å². The molecule has 2 atom stereocenters. The smallest absolute Gasteiger partial charge is 0.463 e. The molecule has 0 radical (unpaired) electrons. The number of nitrogens with one attached hydrogen (secondary N) is 1. The number of esters is 1. The van der Waals surface area contributed by atoms with Crippen molar-refractivity contribution in [3.63, 3.8) is 0 Å². The van der Waals surface area contributed by atoms with Crippen molar-refractivity contribution >= 4 is 19.7 Å². The summed E-state index contributed by atoms with van der Waals surface area (Å²) < 4.78 is 26.9. The minimum Gasteiger partial charge on any atom is -0.463 e. The second kappa shape index (κ2) is 47.9. The number of hydrogen-bond acceptors (Lipinski definition) is 7. The topological polar surface area (TPSA) is 131 Å². The number of allylic oxidation sites excluding steroid dienone is 20. The fourth-order valence-electron chi connectivity index (χ4n) is 5.78.